The van der Waals surface area contributed by atoms with Gasteiger partial charge in [-0.3, -0.25) is 4.79 Å². The first-order chi connectivity index (χ1) is 14.2. The summed E-state index contributed by atoms with van der Waals surface area (Å²) in [5.74, 6) is 1.48. The fourth-order valence-corrected chi connectivity index (χ4v) is 4.17. The summed E-state index contributed by atoms with van der Waals surface area (Å²) in [6, 6.07) is 8.45. The second-order valence-electron chi connectivity index (χ2n) is 7.73. The van der Waals surface area contributed by atoms with E-state index in [-0.39, 0.29) is 5.91 Å². The first-order valence-electron chi connectivity index (χ1n) is 10.5. The third kappa shape index (κ3) is 4.60. The van der Waals surface area contributed by atoms with Crippen LogP contribution in [0.3, 0.4) is 0 Å². The van der Waals surface area contributed by atoms with E-state index in [0.717, 1.165) is 24.5 Å². The summed E-state index contributed by atoms with van der Waals surface area (Å²) in [6.07, 6.45) is 9.46. The van der Waals surface area contributed by atoms with Gasteiger partial charge < -0.3 is 19.9 Å². The Morgan fingerprint density at radius 1 is 1.03 bits per heavy atom. The van der Waals surface area contributed by atoms with Gasteiger partial charge >= 0.3 is 0 Å². The van der Waals surface area contributed by atoms with Crippen LogP contribution in [-0.2, 0) is 0 Å². The fraction of sp³-hybridized carbons (Fsp3) is 0.500. The number of rotatable bonds is 5. The van der Waals surface area contributed by atoms with Crippen LogP contribution in [-0.4, -0.2) is 60.1 Å². The summed E-state index contributed by atoms with van der Waals surface area (Å²) in [5, 5.41) is 3.40. The number of methoxy groups -OCH3 is 1. The Morgan fingerprint density at radius 3 is 2.41 bits per heavy atom. The van der Waals surface area contributed by atoms with Crippen LogP contribution in [0, 0.1) is 0 Å². The van der Waals surface area contributed by atoms with E-state index in [4.69, 9.17) is 4.74 Å². The van der Waals surface area contributed by atoms with Crippen LogP contribution in [0.4, 0.5) is 11.6 Å². The van der Waals surface area contributed by atoms with Gasteiger partial charge in [0.05, 0.1) is 18.4 Å². The normalized spacial score (nSPS) is 17.8. The molecule has 29 heavy (non-hydrogen) atoms. The minimum absolute atomic E-state index is 0.00565. The zero-order valence-corrected chi connectivity index (χ0v) is 17.0. The molecule has 1 saturated carbocycles. The molecule has 0 atom stereocenters. The van der Waals surface area contributed by atoms with Crippen molar-refractivity contribution in [2.45, 2.75) is 38.1 Å². The Morgan fingerprint density at radius 2 is 1.72 bits per heavy atom. The second-order valence-corrected chi connectivity index (χ2v) is 7.73. The number of ether oxygens (including phenoxy) is 1. The average Bonchev–Trinajstić information content (AvgIpc) is 2.80. The van der Waals surface area contributed by atoms with Crippen molar-refractivity contribution in [1.29, 1.82) is 0 Å². The lowest BCUT2D eigenvalue weighted by Crippen LogP contribution is -2.48. The summed E-state index contributed by atoms with van der Waals surface area (Å²) in [5.41, 5.74) is 1.62. The number of carbonyl (C=O) groups is 1. The standard InChI is InChI=1S/C22H29N5O2/c1-29-20-10-6-5-9-19(20)26-11-13-27(14-12-26)21(28)17-15-23-22(24-16-17)25-18-7-3-2-4-8-18/h5-6,9-10,15-16,18H,2-4,7-8,11-14H2,1H3,(H,23,24,25). The number of para-hydroxylation sites is 2. The Bertz CT molecular complexity index is 812. The molecule has 7 nitrogen and oxygen atoms in total. The molecule has 2 aromatic rings. The molecule has 1 saturated heterocycles. The molecule has 1 aromatic carbocycles. The van der Waals surface area contributed by atoms with Crippen molar-refractivity contribution in [3.8, 4) is 5.75 Å². The van der Waals surface area contributed by atoms with Crippen LogP contribution in [0.2, 0.25) is 0 Å². The molecule has 2 aliphatic rings. The van der Waals surface area contributed by atoms with E-state index in [1.807, 2.05) is 23.1 Å². The van der Waals surface area contributed by atoms with Crippen molar-refractivity contribution in [3.05, 3.63) is 42.2 Å². The number of nitrogens with one attached hydrogen (secondary N) is 1. The quantitative estimate of drug-likeness (QED) is 0.838. The molecule has 1 aliphatic carbocycles. The zero-order valence-electron chi connectivity index (χ0n) is 17.0. The first kappa shape index (κ1) is 19.5. The van der Waals surface area contributed by atoms with Crippen LogP contribution in [0.1, 0.15) is 42.5 Å². The number of piperazine rings is 1. The molecule has 1 aromatic heterocycles. The first-order valence-corrected chi connectivity index (χ1v) is 10.5. The number of hydrogen-bond donors (Lipinski definition) is 1. The maximum Gasteiger partial charge on any atom is 0.257 e. The molecule has 0 radical (unpaired) electrons. The molecular formula is C22H29N5O2. The van der Waals surface area contributed by atoms with E-state index in [1.165, 1.54) is 32.1 Å². The van der Waals surface area contributed by atoms with E-state index in [1.54, 1.807) is 19.5 Å². The highest BCUT2D eigenvalue weighted by atomic mass is 16.5. The molecule has 0 bridgehead atoms. The summed E-state index contributed by atoms with van der Waals surface area (Å²) in [4.78, 5) is 25.7. The fourth-order valence-electron chi connectivity index (χ4n) is 4.17. The number of amides is 1. The van der Waals surface area contributed by atoms with Crippen molar-refractivity contribution >= 4 is 17.5 Å². The lowest BCUT2D eigenvalue weighted by Gasteiger charge is -2.36. The molecule has 1 N–H and O–H groups in total. The Labute approximate surface area is 172 Å². The van der Waals surface area contributed by atoms with Gasteiger partial charge in [-0.15, -0.1) is 0 Å². The molecule has 0 spiro atoms. The summed E-state index contributed by atoms with van der Waals surface area (Å²) in [7, 11) is 1.69. The number of benzene rings is 1. The van der Waals surface area contributed by atoms with Crippen LogP contribution >= 0.6 is 0 Å². The Hall–Kier alpha value is -2.83. The monoisotopic (exact) mass is 395 g/mol. The van der Waals surface area contributed by atoms with Crippen molar-refractivity contribution in [2.24, 2.45) is 0 Å². The van der Waals surface area contributed by atoms with Gasteiger partial charge in [0, 0.05) is 44.6 Å². The second kappa shape index (κ2) is 9.11. The molecule has 154 valence electrons. The van der Waals surface area contributed by atoms with Gasteiger partial charge in [-0.1, -0.05) is 31.4 Å². The largest absolute Gasteiger partial charge is 0.495 e. The third-order valence-corrected chi connectivity index (χ3v) is 5.83. The number of hydrogen-bond acceptors (Lipinski definition) is 6. The van der Waals surface area contributed by atoms with Crippen LogP contribution in [0.5, 0.6) is 5.75 Å². The van der Waals surface area contributed by atoms with Crippen molar-refractivity contribution in [2.75, 3.05) is 43.5 Å². The SMILES string of the molecule is COc1ccccc1N1CCN(C(=O)c2cnc(NC3CCCCC3)nc2)CC1. The highest BCUT2D eigenvalue weighted by molar-refractivity contribution is 5.93. The molecule has 4 rings (SSSR count). The lowest BCUT2D eigenvalue weighted by atomic mass is 9.96. The minimum Gasteiger partial charge on any atom is -0.495 e. The highest BCUT2D eigenvalue weighted by Gasteiger charge is 2.24. The summed E-state index contributed by atoms with van der Waals surface area (Å²) < 4.78 is 5.46. The average molecular weight is 396 g/mol. The zero-order chi connectivity index (χ0) is 20.1. The molecular weight excluding hydrogens is 366 g/mol. The predicted octanol–water partition coefficient (Wildman–Crippen LogP) is 3.19. The molecule has 2 heterocycles. The Kier molecular flexibility index (Phi) is 6.12. The summed E-state index contributed by atoms with van der Waals surface area (Å²) >= 11 is 0. The molecule has 2 fully saturated rings. The van der Waals surface area contributed by atoms with Crippen LogP contribution in [0.25, 0.3) is 0 Å². The Balaban J connectivity index is 1.33. The van der Waals surface area contributed by atoms with E-state index < -0.39 is 0 Å². The number of anilines is 2. The van der Waals surface area contributed by atoms with Gasteiger partial charge in [0.15, 0.2) is 0 Å². The highest BCUT2D eigenvalue weighted by Crippen LogP contribution is 2.28. The lowest BCUT2D eigenvalue weighted by molar-refractivity contribution is 0.0746. The van der Waals surface area contributed by atoms with Crippen LogP contribution in [0.15, 0.2) is 36.7 Å². The molecule has 1 aliphatic heterocycles. The van der Waals surface area contributed by atoms with E-state index in [9.17, 15) is 4.79 Å². The molecule has 7 heteroatoms. The van der Waals surface area contributed by atoms with Crippen LogP contribution < -0.4 is 15.0 Å². The van der Waals surface area contributed by atoms with E-state index in [0.29, 0.717) is 30.6 Å². The topological polar surface area (TPSA) is 70.6 Å². The summed E-state index contributed by atoms with van der Waals surface area (Å²) in [6.45, 7) is 2.88. The number of carbonyl (C=O) groups excluding carboxylic acids is 1. The van der Waals surface area contributed by atoms with Crippen molar-refractivity contribution < 1.29 is 9.53 Å². The van der Waals surface area contributed by atoms with Gasteiger partial charge in [-0.05, 0) is 25.0 Å². The van der Waals surface area contributed by atoms with E-state index >= 15 is 0 Å². The number of nitrogens with zero attached hydrogens (tertiary/aromatic N) is 4. The van der Waals surface area contributed by atoms with Crippen molar-refractivity contribution in [3.63, 3.8) is 0 Å². The minimum atomic E-state index is -0.00565. The van der Waals surface area contributed by atoms with Gasteiger partial charge in [0.2, 0.25) is 5.95 Å². The van der Waals surface area contributed by atoms with E-state index in [2.05, 4.69) is 26.3 Å². The van der Waals surface area contributed by atoms with Crippen molar-refractivity contribution in [1.82, 2.24) is 14.9 Å². The molecule has 0 unspecified atom stereocenters. The van der Waals surface area contributed by atoms with Gasteiger partial charge in [0.1, 0.15) is 5.75 Å². The van der Waals surface area contributed by atoms with Gasteiger partial charge in [0.25, 0.3) is 5.91 Å². The third-order valence-electron chi connectivity index (χ3n) is 5.83. The van der Waals surface area contributed by atoms with Gasteiger partial charge in [-0.25, -0.2) is 9.97 Å². The smallest absolute Gasteiger partial charge is 0.257 e. The number of aromatic nitrogens is 2. The molecule has 1 amide bonds. The van der Waals surface area contributed by atoms with Gasteiger partial charge in [-0.2, -0.15) is 0 Å². The predicted molar refractivity (Wildman–Crippen MR) is 114 cm³/mol. The maximum absolute atomic E-state index is 12.8. The maximum atomic E-state index is 12.8.